The quantitative estimate of drug-likeness (QED) is 0.796. The van der Waals surface area contributed by atoms with Crippen molar-refractivity contribution in [2.24, 2.45) is 5.92 Å². The Kier molecular flexibility index (Phi) is 5.89. The average Bonchev–Trinajstić information content (AvgIpc) is 2.42. The molecule has 1 unspecified atom stereocenters. The molecule has 0 aliphatic carbocycles. The number of benzene rings is 1. The van der Waals surface area contributed by atoms with Gasteiger partial charge in [-0.25, -0.2) is 0 Å². The number of rotatable bonds is 6. The van der Waals surface area contributed by atoms with Crippen LogP contribution in [-0.2, 0) is 11.3 Å². The summed E-state index contributed by atoms with van der Waals surface area (Å²) in [4.78, 5) is 11.8. The summed E-state index contributed by atoms with van der Waals surface area (Å²) in [7, 11) is 0. The van der Waals surface area contributed by atoms with E-state index in [-0.39, 0.29) is 11.8 Å². The number of carbonyl (C=O) groups is 1. The first-order valence-electron chi connectivity index (χ1n) is 6.14. The molecule has 0 saturated heterocycles. The van der Waals surface area contributed by atoms with Crippen molar-refractivity contribution in [3.63, 3.8) is 0 Å². The van der Waals surface area contributed by atoms with Gasteiger partial charge in [0.25, 0.3) is 0 Å². The van der Waals surface area contributed by atoms with Crippen molar-refractivity contribution in [1.29, 1.82) is 5.26 Å². The third kappa shape index (κ3) is 4.56. The molecule has 0 spiro atoms. The fraction of sp³-hybridized carbons (Fsp3) is 0.429. The second kappa shape index (κ2) is 7.46. The molecule has 0 radical (unpaired) electrons. The third-order valence-corrected chi connectivity index (χ3v) is 2.67. The van der Waals surface area contributed by atoms with Gasteiger partial charge in [0, 0.05) is 19.0 Å². The Hall–Kier alpha value is -1.86. The van der Waals surface area contributed by atoms with Crippen LogP contribution in [-0.4, -0.2) is 19.0 Å². The van der Waals surface area contributed by atoms with Crippen LogP contribution in [0.4, 0.5) is 0 Å². The van der Waals surface area contributed by atoms with Gasteiger partial charge in [0.2, 0.25) is 5.91 Å². The first kappa shape index (κ1) is 14.2. The standard InChI is InChI=1S/C14H19N3O/c1-3-16-9-11(2)14(18)17-10-13-6-4-5-12(7-13)8-15/h4-7,11,16H,3,9-10H2,1-2H3,(H,17,18). The predicted molar refractivity (Wildman–Crippen MR) is 70.7 cm³/mol. The first-order valence-corrected chi connectivity index (χ1v) is 6.14. The molecule has 1 aromatic rings. The van der Waals surface area contributed by atoms with Gasteiger partial charge in [-0.1, -0.05) is 26.0 Å². The van der Waals surface area contributed by atoms with Gasteiger partial charge in [-0.05, 0) is 24.2 Å². The second-order valence-corrected chi connectivity index (χ2v) is 4.24. The minimum Gasteiger partial charge on any atom is -0.352 e. The Morgan fingerprint density at radius 3 is 2.94 bits per heavy atom. The van der Waals surface area contributed by atoms with E-state index in [1.165, 1.54) is 0 Å². The largest absolute Gasteiger partial charge is 0.352 e. The Morgan fingerprint density at radius 1 is 1.50 bits per heavy atom. The van der Waals surface area contributed by atoms with Crippen molar-refractivity contribution >= 4 is 5.91 Å². The van der Waals surface area contributed by atoms with Crippen molar-refractivity contribution in [3.05, 3.63) is 35.4 Å². The summed E-state index contributed by atoms with van der Waals surface area (Å²) < 4.78 is 0. The number of nitrogens with one attached hydrogen (secondary N) is 2. The first-order chi connectivity index (χ1) is 8.67. The molecule has 1 aromatic carbocycles. The highest BCUT2D eigenvalue weighted by molar-refractivity contribution is 5.78. The monoisotopic (exact) mass is 245 g/mol. The Labute approximate surface area is 108 Å². The predicted octanol–water partition coefficient (Wildman–Crippen LogP) is 1.42. The summed E-state index contributed by atoms with van der Waals surface area (Å²) in [6, 6.07) is 9.34. The van der Waals surface area contributed by atoms with Gasteiger partial charge in [-0.2, -0.15) is 5.26 Å². The highest BCUT2D eigenvalue weighted by Crippen LogP contribution is 2.04. The van der Waals surface area contributed by atoms with Gasteiger partial charge in [0.05, 0.1) is 11.6 Å². The van der Waals surface area contributed by atoms with E-state index >= 15 is 0 Å². The fourth-order valence-electron chi connectivity index (χ4n) is 1.57. The zero-order valence-corrected chi connectivity index (χ0v) is 10.9. The van der Waals surface area contributed by atoms with Gasteiger partial charge in [0.15, 0.2) is 0 Å². The molecule has 1 amide bonds. The van der Waals surface area contributed by atoms with Crippen LogP contribution in [0, 0.1) is 17.2 Å². The Balaban J connectivity index is 2.44. The molecule has 1 atom stereocenters. The average molecular weight is 245 g/mol. The zero-order chi connectivity index (χ0) is 13.4. The molecule has 4 nitrogen and oxygen atoms in total. The lowest BCUT2D eigenvalue weighted by Gasteiger charge is -2.12. The number of carbonyl (C=O) groups excluding carboxylic acids is 1. The van der Waals surface area contributed by atoms with E-state index in [2.05, 4.69) is 16.7 Å². The van der Waals surface area contributed by atoms with E-state index in [0.29, 0.717) is 18.7 Å². The minimum absolute atomic E-state index is 0.0262. The van der Waals surface area contributed by atoms with E-state index in [1.807, 2.05) is 26.0 Å². The van der Waals surface area contributed by atoms with Crippen molar-refractivity contribution in [1.82, 2.24) is 10.6 Å². The van der Waals surface area contributed by atoms with Gasteiger partial charge in [0.1, 0.15) is 0 Å². The van der Waals surface area contributed by atoms with Crippen LogP contribution in [0.5, 0.6) is 0 Å². The van der Waals surface area contributed by atoms with E-state index in [9.17, 15) is 4.79 Å². The van der Waals surface area contributed by atoms with Gasteiger partial charge in [-0.3, -0.25) is 4.79 Å². The molecule has 0 bridgehead atoms. The lowest BCUT2D eigenvalue weighted by molar-refractivity contribution is -0.124. The molecule has 0 aliphatic heterocycles. The molecule has 96 valence electrons. The Morgan fingerprint density at radius 2 is 2.28 bits per heavy atom. The lowest BCUT2D eigenvalue weighted by atomic mass is 10.1. The van der Waals surface area contributed by atoms with E-state index in [4.69, 9.17) is 5.26 Å². The van der Waals surface area contributed by atoms with Crippen LogP contribution in [0.15, 0.2) is 24.3 Å². The molecule has 0 aromatic heterocycles. The van der Waals surface area contributed by atoms with Crippen LogP contribution in [0.25, 0.3) is 0 Å². The summed E-state index contributed by atoms with van der Waals surface area (Å²) in [5, 5.41) is 14.8. The van der Waals surface area contributed by atoms with Crippen molar-refractivity contribution < 1.29 is 4.79 Å². The summed E-state index contributed by atoms with van der Waals surface area (Å²) in [6.45, 7) is 5.91. The molecule has 4 heteroatoms. The van der Waals surface area contributed by atoms with Crippen molar-refractivity contribution in [3.8, 4) is 6.07 Å². The number of nitriles is 1. The van der Waals surface area contributed by atoms with Crippen LogP contribution in [0.1, 0.15) is 25.0 Å². The van der Waals surface area contributed by atoms with E-state index in [0.717, 1.165) is 12.1 Å². The second-order valence-electron chi connectivity index (χ2n) is 4.24. The minimum atomic E-state index is -0.0518. The van der Waals surface area contributed by atoms with Gasteiger partial charge < -0.3 is 10.6 Å². The summed E-state index contributed by atoms with van der Waals surface area (Å²) >= 11 is 0. The molecule has 0 saturated carbocycles. The van der Waals surface area contributed by atoms with Crippen LogP contribution < -0.4 is 10.6 Å². The molecule has 0 heterocycles. The van der Waals surface area contributed by atoms with Crippen molar-refractivity contribution in [2.45, 2.75) is 20.4 Å². The van der Waals surface area contributed by atoms with Crippen LogP contribution >= 0.6 is 0 Å². The number of hydrogen-bond acceptors (Lipinski definition) is 3. The maximum atomic E-state index is 11.8. The highest BCUT2D eigenvalue weighted by atomic mass is 16.1. The van der Waals surface area contributed by atoms with Gasteiger partial charge in [-0.15, -0.1) is 0 Å². The summed E-state index contributed by atoms with van der Waals surface area (Å²) in [5.41, 5.74) is 1.56. The molecule has 18 heavy (non-hydrogen) atoms. The Bertz CT molecular complexity index is 437. The lowest BCUT2D eigenvalue weighted by Crippen LogP contribution is -2.34. The molecule has 1 rings (SSSR count). The zero-order valence-electron chi connectivity index (χ0n) is 10.9. The highest BCUT2D eigenvalue weighted by Gasteiger charge is 2.11. The topological polar surface area (TPSA) is 64.9 Å². The van der Waals surface area contributed by atoms with Crippen LogP contribution in [0.3, 0.4) is 0 Å². The molecule has 2 N–H and O–H groups in total. The van der Waals surface area contributed by atoms with E-state index in [1.54, 1.807) is 12.1 Å². The molecule has 0 aliphatic rings. The summed E-state index contributed by atoms with van der Waals surface area (Å²) in [6.07, 6.45) is 0. The van der Waals surface area contributed by atoms with Crippen LogP contribution in [0.2, 0.25) is 0 Å². The van der Waals surface area contributed by atoms with Crippen molar-refractivity contribution in [2.75, 3.05) is 13.1 Å². The van der Waals surface area contributed by atoms with Gasteiger partial charge >= 0.3 is 0 Å². The molecule has 0 fully saturated rings. The number of nitrogens with zero attached hydrogens (tertiary/aromatic N) is 1. The number of hydrogen-bond donors (Lipinski definition) is 2. The maximum absolute atomic E-state index is 11.8. The SMILES string of the molecule is CCNCC(C)C(=O)NCc1cccc(C#N)c1. The summed E-state index contributed by atoms with van der Waals surface area (Å²) in [5.74, 6) is -0.0255. The fourth-order valence-corrected chi connectivity index (χ4v) is 1.57. The molecular weight excluding hydrogens is 226 g/mol. The maximum Gasteiger partial charge on any atom is 0.224 e. The normalized spacial score (nSPS) is 11.6. The smallest absolute Gasteiger partial charge is 0.224 e. The van der Waals surface area contributed by atoms with E-state index < -0.39 is 0 Å². The number of amides is 1. The molecular formula is C14H19N3O. The third-order valence-electron chi connectivity index (χ3n) is 2.67.